The van der Waals surface area contributed by atoms with Crippen molar-refractivity contribution >= 4 is 35.0 Å². The lowest BCUT2D eigenvalue weighted by atomic mass is 10.0. The van der Waals surface area contributed by atoms with Crippen LogP contribution in [-0.2, 0) is 0 Å². The van der Waals surface area contributed by atoms with Crippen LogP contribution in [0.15, 0.2) is 59.6 Å². The number of hydrogen-bond donors (Lipinski definition) is 1. The van der Waals surface area contributed by atoms with Gasteiger partial charge in [-0.1, -0.05) is 6.07 Å². The molecule has 3 aromatic rings. The number of ketones is 1. The van der Waals surface area contributed by atoms with Crippen LogP contribution in [0.25, 0.3) is 10.9 Å². The van der Waals surface area contributed by atoms with Crippen LogP contribution in [0.5, 0.6) is 5.75 Å². The highest BCUT2D eigenvalue weighted by molar-refractivity contribution is 7.80. The molecule has 0 atom stereocenters. The zero-order chi connectivity index (χ0) is 20.9. The van der Waals surface area contributed by atoms with Gasteiger partial charge in [0.05, 0.1) is 12.6 Å². The number of carbonyl (C=O) groups excluding carboxylic acids is 1. The van der Waals surface area contributed by atoms with E-state index in [2.05, 4.69) is 39.5 Å². The lowest BCUT2D eigenvalue weighted by molar-refractivity contribution is 0.0975. The molecule has 2 heterocycles. The molecule has 1 aromatic heterocycles. The van der Waals surface area contributed by atoms with E-state index < -0.39 is 0 Å². The number of fused-ring (bicyclic) bond motifs is 1. The minimum atomic E-state index is 0.179. The van der Waals surface area contributed by atoms with Crippen LogP contribution < -0.4 is 9.64 Å². The molecule has 30 heavy (non-hydrogen) atoms. The van der Waals surface area contributed by atoms with Gasteiger partial charge in [0.2, 0.25) is 0 Å². The molecule has 0 radical (unpaired) electrons. The quantitative estimate of drug-likeness (QED) is 0.455. The van der Waals surface area contributed by atoms with Gasteiger partial charge in [0.15, 0.2) is 5.78 Å². The number of nitrogens with zero attached hydrogens (tertiary/aromatic N) is 3. The Hall–Kier alpha value is -2.57. The second-order valence-corrected chi connectivity index (χ2v) is 8.07. The fraction of sp³-hybridized carbons (Fsp3) is 0.333. The number of Topliss-reactive ketones (excluding diaryl/α,β-unsaturated/α-hetero) is 1. The van der Waals surface area contributed by atoms with Crippen LogP contribution >= 0.6 is 12.6 Å². The predicted octanol–water partition coefficient (Wildman–Crippen LogP) is 4.32. The summed E-state index contributed by atoms with van der Waals surface area (Å²) in [6.07, 6.45) is 3.16. The summed E-state index contributed by atoms with van der Waals surface area (Å²) in [6, 6.07) is 15.8. The van der Waals surface area contributed by atoms with Crippen LogP contribution in [0.2, 0.25) is 0 Å². The fourth-order valence-electron chi connectivity index (χ4n) is 4.02. The number of aromatic nitrogens is 1. The van der Waals surface area contributed by atoms with Crippen molar-refractivity contribution in [2.24, 2.45) is 0 Å². The summed E-state index contributed by atoms with van der Waals surface area (Å²) in [5.41, 5.74) is 2.78. The van der Waals surface area contributed by atoms with Gasteiger partial charge in [-0.25, -0.2) is 0 Å². The van der Waals surface area contributed by atoms with E-state index in [1.165, 1.54) is 5.69 Å². The first-order valence-electron chi connectivity index (χ1n) is 10.4. The highest BCUT2D eigenvalue weighted by Gasteiger charge is 2.18. The normalized spacial score (nSPS) is 14.8. The Kier molecular flexibility index (Phi) is 6.55. The average Bonchev–Trinajstić information content (AvgIpc) is 2.80. The minimum Gasteiger partial charge on any atom is -0.497 e. The maximum absolute atomic E-state index is 12.8. The number of anilines is 1. The summed E-state index contributed by atoms with van der Waals surface area (Å²) in [5, 5.41) is 0.892. The average molecular weight is 422 g/mol. The Morgan fingerprint density at radius 3 is 2.57 bits per heavy atom. The van der Waals surface area contributed by atoms with Gasteiger partial charge in [0, 0.05) is 60.3 Å². The van der Waals surface area contributed by atoms with Crippen LogP contribution in [-0.4, -0.2) is 55.5 Å². The Bertz CT molecular complexity index is 1010. The van der Waals surface area contributed by atoms with Crippen LogP contribution in [0.4, 0.5) is 5.69 Å². The highest BCUT2D eigenvalue weighted by Crippen LogP contribution is 2.25. The van der Waals surface area contributed by atoms with Gasteiger partial charge >= 0.3 is 0 Å². The van der Waals surface area contributed by atoms with Crippen molar-refractivity contribution in [1.29, 1.82) is 0 Å². The molecule has 1 fully saturated rings. The molecule has 0 bridgehead atoms. The molecule has 6 heteroatoms. The first-order chi connectivity index (χ1) is 14.7. The maximum atomic E-state index is 12.8. The van der Waals surface area contributed by atoms with Gasteiger partial charge in [-0.05, 0) is 55.4 Å². The van der Waals surface area contributed by atoms with Gasteiger partial charge in [0.1, 0.15) is 5.75 Å². The van der Waals surface area contributed by atoms with Crippen molar-refractivity contribution in [3.63, 3.8) is 0 Å². The number of pyridine rings is 1. The van der Waals surface area contributed by atoms with E-state index in [1.807, 2.05) is 36.4 Å². The highest BCUT2D eigenvalue weighted by atomic mass is 32.1. The van der Waals surface area contributed by atoms with Gasteiger partial charge in [-0.2, -0.15) is 0 Å². The van der Waals surface area contributed by atoms with E-state index in [4.69, 9.17) is 4.74 Å². The Labute approximate surface area is 183 Å². The third kappa shape index (κ3) is 4.60. The number of hydrogen-bond acceptors (Lipinski definition) is 6. The Balaban J connectivity index is 1.27. The molecule has 0 aliphatic carbocycles. The number of piperazine rings is 1. The molecule has 0 unspecified atom stereocenters. The smallest absolute Gasteiger partial charge is 0.163 e. The standard InChI is InChI=1S/C24H27N3O2S/c1-29-19-8-6-18(7-9-19)27-16-14-26(15-17-27)13-3-5-22(28)20-10-11-23(30)24-21(20)4-2-12-25-24/h2,4,6-12,30H,3,5,13-17H2,1H3. The summed E-state index contributed by atoms with van der Waals surface area (Å²) < 4.78 is 5.24. The molecule has 0 amide bonds. The first kappa shape index (κ1) is 20.7. The molecule has 2 aromatic carbocycles. The lowest BCUT2D eigenvalue weighted by Gasteiger charge is -2.36. The minimum absolute atomic E-state index is 0.179. The second-order valence-electron chi connectivity index (χ2n) is 7.59. The number of ether oxygens (including phenoxy) is 1. The SMILES string of the molecule is COc1ccc(N2CCN(CCCC(=O)c3ccc(S)c4ncccc34)CC2)cc1. The van der Waals surface area contributed by atoms with Crippen LogP contribution in [0.1, 0.15) is 23.2 Å². The predicted molar refractivity (Wildman–Crippen MR) is 124 cm³/mol. The van der Waals surface area contributed by atoms with Gasteiger partial charge in [-0.3, -0.25) is 14.7 Å². The number of thiol groups is 1. The summed E-state index contributed by atoms with van der Waals surface area (Å²) in [4.78, 5) is 22.8. The lowest BCUT2D eigenvalue weighted by Crippen LogP contribution is -2.46. The van der Waals surface area contributed by atoms with Crippen molar-refractivity contribution in [2.75, 3.05) is 44.7 Å². The van der Waals surface area contributed by atoms with E-state index in [9.17, 15) is 4.79 Å². The van der Waals surface area contributed by atoms with E-state index in [0.717, 1.165) is 66.3 Å². The molecular weight excluding hydrogens is 394 g/mol. The van der Waals surface area contributed by atoms with Crippen LogP contribution in [0, 0.1) is 0 Å². The van der Waals surface area contributed by atoms with Crippen molar-refractivity contribution in [3.05, 3.63) is 60.3 Å². The summed E-state index contributed by atoms with van der Waals surface area (Å²) in [6.45, 7) is 4.98. The number of carbonyl (C=O) groups is 1. The van der Waals surface area contributed by atoms with Gasteiger partial charge in [-0.15, -0.1) is 12.6 Å². The molecule has 0 saturated carbocycles. The van der Waals surface area contributed by atoms with Crippen molar-refractivity contribution < 1.29 is 9.53 Å². The van der Waals surface area contributed by atoms with Crippen molar-refractivity contribution in [1.82, 2.24) is 9.88 Å². The van der Waals surface area contributed by atoms with Gasteiger partial charge < -0.3 is 9.64 Å². The molecular formula is C24H27N3O2S. The largest absolute Gasteiger partial charge is 0.497 e. The molecule has 0 N–H and O–H groups in total. The van der Waals surface area contributed by atoms with Crippen molar-refractivity contribution in [3.8, 4) is 5.75 Å². The number of benzene rings is 2. The molecule has 4 rings (SSSR count). The first-order valence-corrected chi connectivity index (χ1v) is 10.8. The third-order valence-electron chi connectivity index (χ3n) is 5.74. The molecule has 1 aliphatic heterocycles. The van der Waals surface area contributed by atoms with E-state index >= 15 is 0 Å². The summed E-state index contributed by atoms with van der Waals surface area (Å²) in [7, 11) is 1.69. The van der Waals surface area contributed by atoms with Crippen LogP contribution in [0.3, 0.4) is 0 Å². The number of rotatable bonds is 7. The monoisotopic (exact) mass is 421 g/mol. The summed E-state index contributed by atoms with van der Waals surface area (Å²) in [5.74, 6) is 1.06. The Morgan fingerprint density at radius 1 is 1.07 bits per heavy atom. The molecule has 1 saturated heterocycles. The topological polar surface area (TPSA) is 45.7 Å². The van der Waals surface area contributed by atoms with E-state index in [-0.39, 0.29) is 5.78 Å². The third-order valence-corrected chi connectivity index (χ3v) is 6.10. The molecule has 0 spiro atoms. The fourth-order valence-corrected chi connectivity index (χ4v) is 4.27. The zero-order valence-electron chi connectivity index (χ0n) is 17.3. The zero-order valence-corrected chi connectivity index (χ0v) is 18.1. The van der Waals surface area contributed by atoms with Crippen molar-refractivity contribution in [2.45, 2.75) is 17.7 Å². The molecule has 1 aliphatic rings. The number of methoxy groups -OCH3 is 1. The Morgan fingerprint density at radius 2 is 1.83 bits per heavy atom. The molecule has 156 valence electrons. The van der Waals surface area contributed by atoms with E-state index in [0.29, 0.717) is 6.42 Å². The summed E-state index contributed by atoms with van der Waals surface area (Å²) >= 11 is 4.46. The second kappa shape index (κ2) is 9.49. The maximum Gasteiger partial charge on any atom is 0.163 e. The van der Waals surface area contributed by atoms with E-state index in [1.54, 1.807) is 13.3 Å². The molecule has 5 nitrogen and oxygen atoms in total. The van der Waals surface area contributed by atoms with Gasteiger partial charge in [0.25, 0.3) is 0 Å².